The van der Waals surface area contributed by atoms with Crippen LogP contribution >= 0.6 is 0 Å². The number of nitrogens with zero attached hydrogens (tertiary/aromatic N) is 4. The van der Waals surface area contributed by atoms with Crippen molar-refractivity contribution in [1.82, 2.24) is 19.0 Å². The number of imidazole rings is 1. The minimum absolute atomic E-state index is 0.00142. The van der Waals surface area contributed by atoms with Crippen molar-refractivity contribution in [3.63, 3.8) is 0 Å². The summed E-state index contributed by atoms with van der Waals surface area (Å²) < 4.78 is 101. The van der Waals surface area contributed by atoms with E-state index in [0.29, 0.717) is 41.5 Å². The third kappa shape index (κ3) is 5.27. The molecule has 0 aliphatic heterocycles. The van der Waals surface area contributed by atoms with Crippen LogP contribution in [-0.4, -0.2) is 51.6 Å². The number of hydrogen-bond donors (Lipinski definition) is 1. The molecule has 0 amide bonds. The quantitative estimate of drug-likeness (QED) is 0.351. The van der Waals surface area contributed by atoms with E-state index in [9.17, 15) is 39.6 Å². The van der Waals surface area contributed by atoms with E-state index in [2.05, 4.69) is 14.8 Å². The third-order valence-corrected chi connectivity index (χ3v) is 6.30. The molecule has 0 atom stereocenters. The summed E-state index contributed by atoms with van der Waals surface area (Å²) in [5.41, 5.74) is 0.858. The zero-order valence-electron chi connectivity index (χ0n) is 18.0. The Morgan fingerprint density at radius 2 is 1.80 bits per heavy atom. The summed E-state index contributed by atoms with van der Waals surface area (Å²) in [6, 6.07) is 6.54. The fraction of sp³-hybridized carbons (Fsp3) is 0.421. The molecule has 16 heteroatoms. The standard InChI is InChI=1S/C19H19F6N5O4S/c1-2-3-8-13-28-14-15(11-6-4-5-7-12(11)27-16(14)26)29(13)9-10-30(34-17(31)18(20,21)22)35(32,33)19(23,24)25/h4-7H,2-3,8-10H2,1H3,(H2,26,27). The van der Waals surface area contributed by atoms with E-state index >= 15 is 0 Å². The van der Waals surface area contributed by atoms with Crippen LogP contribution in [0, 0.1) is 0 Å². The maximum Gasteiger partial charge on any atom is 0.514 e. The Bertz CT molecular complexity index is 1350. The summed E-state index contributed by atoms with van der Waals surface area (Å²) >= 11 is 0. The van der Waals surface area contributed by atoms with Crippen LogP contribution in [0.15, 0.2) is 24.3 Å². The van der Waals surface area contributed by atoms with Crippen LogP contribution < -0.4 is 5.73 Å². The lowest BCUT2D eigenvalue weighted by Crippen LogP contribution is -2.45. The summed E-state index contributed by atoms with van der Waals surface area (Å²) in [7, 11) is -6.46. The first kappa shape index (κ1) is 26.5. The average molecular weight is 527 g/mol. The van der Waals surface area contributed by atoms with Crippen molar-refractivity contribution in [3.8, 4) is 0 Å². The predicted octanol–water partition coefficient (Wildman–Crippen LogP) is 3.68. The first-order valence-corrected chi connectivity index (χ1v) is 11.5. The molecule has 192 valence electrons. The number of nitrogen functional groups attached to an aromatic ring is 1. The molecule has 1 aromatic carbocycles. The van der Waals surface area contributed by atoms with Crippen molar-refractivity contribution in [2.24, 2.45) is 0 Å². The van der Waals surface area contributed by atoms with Gasteiger partial charge in [0, 0.05) is 18.4 Å². The highest BCUT2D eigenvalue weighted by Gasteiger charge is 2.54. The van der Waals surface area contributed by atoms with Crippen molar-refractivity contribution in [2.45, 2.75) is 44.4 Å². The number of hydrogen-bond acceptors (Lipinski definition) is 7. The number of unbranched alkanes of at least 4 members (excludes halogenated alkanes) is 1. The highest BCUT2D eigenvalue weighted by atomic mass is 32.2. The monoisotopic (exact) mass is 527 g/mol. The van der Waals surface area contributed by atoms with Gasteiger partial charge in [-0.3, -0.25) is 0 Å². The van der Waals surface area contributed by atoms with Crippen LogP contribution in [0.5, 0.6) is 0 Å². The Kier molecular flexibility index (Phi) is 7.17. The van der Waals surface area contributed by atoms with E-state index in [1.807, 2.05) is 6.92 Å². The normalized spacial score (nSPS) is 13.1. The number of rotatable bonds is 8. The first-order chi connectivity index (χ1) is 16.2. The SMILES string of the molecule is CCCCc1nc2c(N)nc3ccccc3c2n1CCN(OC(=O)C(F)(F)F)S(=O)(=O)C(F)(F)F. The van der Waals surface area contributed by atoms with E-state index in [0.717, 1.165) is 0 Å². The number of fused-ring (bicyclic) bond motifs is 3. The molecule has 0 aliphatic carbocycles. The van der Waals surface area contributed by atoms with Gasteiger partial charge in [0.15, 0.2) is 5.82 Å². The average Bonchev–Trinajstić information content (AvgIpc) is 3.12. The summed E-state index contributed by atoms with van der Waals surface area (Å²) in [5, 5.41) is 0.476. The molecule has 0 radical (unpaired) electrons. The lowest BCUT2D eigenvalue weighted by Gasteiger charge is -2.23. The summed E-state index contributed by atoms with van der Waals surface area (Å²) in [4.78, 5) is 23.4. The zero-order chi connectivity index (χ0) is 26.2. The minimum atomic E-state index is -6.46. The van der Waals surface area contributed by atoms with Gasteiger partial charge in [-0.1, -0.05) is 31.5 Å². The molecule has 3 aromatic rings. The molecular weight excluding hydrogens is 508 g/mol. The number of pyridine rings is 1. The molecule has 0 saturated carbocycles. The molecule has 9 nitrogen and oxygen atoms in total. The number of carbonyl (C=O) groups excluding carboxylic acids is 1. The van der Waals surface area contributed by atoms with Gasteiger partial charge in [0.1, 0.15) is 11.3 Å². The Hall–Kier alpha value is -3.14. The zero-order valence-corrected chi connectivity index (χ0v) is 18.8. The maximum absolute atomic E-state index is 13.1. The highest BCUT2D eigenvalue weighted by Crippen LogP contribution is 2.31. The second-order valence-electron chi connectivity index (χ2n) is 7.35. The number of carbonyl (C=O) groups is 1. The van der Waals surface area contributed by atoms with Gasteiger partial charge in [0.2, 0.25) is 0 Å². The van der Waals surface area contributed by atoms with Crippen LogP contribution in [0.4, 0.5) is 32.2 Å². The van der Waals surface area contributed by atoms with E-state index < -0.39 is 45.2 Å². The number of sulfonamides is 1. The minimum Gasteiger partial charge on any atom is -0.382 e. The van der Waals surface area contributed by atoms with Gasteiger partial charge in [-0.15, -0.1) is 0 Å². The number of benzene rings is 1. The molecule has 0 spiro atoms. The third-order valence-electron chi connectivity index (χ3n) is 4.93. The number of aryl methyl sites for hydroxylation is 1. The Labute approximate surface area is 194 Å². The number of aromatic nitrogens is 3. The number of anilines is 1. The maximum atomic E-state index is 13.1. The lowest BCUT2D eigenvalue weighted by atomic mass is 10.2. The van der Waals surface area contributed by atoms with Crippen LogP contribution in [0.25, 0.3) is 21.9 Å². The molecule has 2 N–H and O–H groups in total. The van der Waals surface area contributed by atoms with E-state index in [-0.39, 0.29) is 11.3 Å². The van der Waals surface area contributed by atoms with Gasteiger partial charge in [-0.05, 0) is 17.0 Å². The molecule has 35 heavy (non-hydrogen) atoms. The van der Waals surface area contributed by atoms with Crippen molar-refractivity contribution >= 4 is 43.7 Å². The Balaban J connectivity index is 2.12. The topological polar surface area (TPSA) is 120 Å². The Morgan fingerprint density at radius 1 is 1.14 bits per heavy atom. The van der Waals surface area contributed by atoms with Gasteiger partial charge < -0.3 is 15.1 Å². The summed E-state index contributed by atoms with van der Waals surface area (Å²) in [5.74, 6) is -2.83. The number of alkyl halides is 6. The number of nitrogens with two attached hydrogens (primary N) is 1. The molecule has 2 heterocycles. The first-order valence-electron chi connectivity index (χ1n) is 10.1. The van der Waals surface area contributed by atoms with Crippen LogP contribution in [0.1, 0.15) is 25.6 Å². The number of hydroxylamine groups is 1. The molecule has 0 fully saturated rings. The van der Waals surface area contributed by atoms with Gasteiger partial charge in [0.05, 0.1) is 17.6 Å². The van der Waals surface area contributed by atoms with Crippen LogP contribution in [0.3, 0.4) is 0 Å². The van der Waals surface area contributed by atoms with E-state index in [1.165, 1.54) is 4.57 Å². The van der Waals surface area contributed by atoms with Gasteiger partial charge >= 0.3 is 27.7 Å². The number of para-hydroxylation sites is 1. The molecule has 0 unspecified atom stereocenters. The molecule has 0 saturated heterocycles. The summed E-state index contributed by atoms with van der Waals surface area (Å²) in [6.45, 7) is -0.0548. The summed E-state index contributed by atoms with van der Waals surface area (Å²) in [6.07, 6.45) is -4.14. The van der Waals surface area contributed by atoms with E-state index in [1.54, 1.807) is 24.3 Å². The van der Waals surface area contributed by atoms with Crippen molar-refractivity contribution in [2.75, 3.05) is 12.3 Å². The van der Waals surface area contributed by atoms with E-state index in [4.69, 9.17) is 5.73 Å². The van der Waals surface area contributed by atoms with Gasteiger partial charge in [0.25, 0.3) is 0 Å². The van der Waals surface area contributed by atoms with Crippen LogP contribution in [0.2, 0.25) is 0 Å². The molecule has 3 rings (SSSR count). The smallest absolute Gasteiger partial charge is 0.382 e. The fourth-order valence-electron chi connectivity index (χ4n) is 3.33. The van der Waals surface area contributed by atoms with Crippen molar-refractivity contribution in [3.05, 3.63) is 30.1 Å². The lowest BCUT2D eigenvalue weighted by molar-refractivity contribution is -0.224. The molecule has 0 bridgehead atoms. The van der Waals surface area contributed by atoms with Crippen molar-refractivity contribution in [1.29, 1.82) is 0 Å². The predicted molar refractivity (Wildman–Crippen MR) is 112 cm³/mol. The second kappa shape index (κ2) is 9.49. The fourth-order valence-corrected chi connectivity index (χ4v) is 4.05. The second-order valence-corrected chi connectivity index (χ2v) is 9.17. The van der Waals surface area contributed by atoms with Crippen LogP contribution in [-0.2, 0) is 32.6 Å². The highest BCUT2D eigenvalue weighted by molar-refractivity contribution is 7.89. The largest absolute Gasteiger partial charge is 0.514 e. The molecule has 2 aromatic heterocycles. The molecule has 0 aliphatic rings. The Morgan fingerprint density at radius 3 is 2.40 bits per heavy atom. The molecular formula is C19H19F6N5O4S. The van der Waals surface area contributed by atoms with Crippen molar-refractivity contribution < 1.29 is 44.4 Å². The van der Waals surface area contributed by atoms with Gasteiger partial charge in [-0.25, -0.2) is 14.8 Å². The van der Waals surface area contributed by atoms with Gasteiger partial charge in [-0.2, -0.15) is 34.8 Å². The number of halogens is 6.